The molecule has 24 heavy (non-hydrogen) atoms. The summed E-state index contributed by atoms with van der Waals surface area (Å²) in [5, 5.41) is 20.0. The highest BCUT2D eigenvalue weighted by molar-refractivity contribution is 6.36. The summed E-state index contributed by atoms with van der Waals surface area (Å²) in [6.45, 7) is 1.79. The van der Waals surface area contributed by atoms with Gasteiger partial charge in [-0.15, -0.1) is 0 Å². The van der Waals surface area contributed by atoms with Gasteiger partial charge < -0.3 is 5.11 Å². The van der Waals surface area contributed by atoms with E-state index in [9.17, 15) is 10.4 Å². The average Bonchev–Trinajstić information content (AvgIpc) is 2.55. The lowest BCUT2D eigenvalue weighted by atomic mass is 9.97. The maximum absolute atomic E-state index is 9.51. The van der Waals surface area contributed by atoms with Crippen molar-refractivity contribution in [2.75, 3.05) is 0 Å². The number of aryl methyl sites for hydroxylation is 1. The van der Waals surface area contributed by atoms with Crippen LogP contribution in [-0.2, 0) is 0 Å². The molecule has 0 unspecified atom stereocenters. The average molecular weight is 355 g/mol. The number of nitriles is 1. The van der Waals surface area contributed by atoms with Gasteiger partial charge in [-0.1, -0.05) is 29.3 Å². The van der Waals surface area contributed by atoms with Gasteiger partial charge in [-0.2, -0.15) is 5.26 Å². The number of pyridine rings is 1. The topological polar surface area (TPSA) is 56.9 Å². The molecule has 0 spiro atoms. The van der Waals surface area contributed by atoms with Crippen LogP contribution in [0.15, 0.2) is 48.5 Å². The zero-order chi connectivity index (χ0) is 17.3. The number of rotatable bonds is 2. The fourth-order valence-corrected chi connectivity index (χ4v) is 3.02. The van der Waals surface area contributed by atoms with E-state index in [4.69, 9.17) is 23.2 Å². The van der Waals surface area contributed by atoms with Crippen molar-refractivity contribution in [3.63, 3.8) is 0 Å². The molecule has 1 heterocycles. The van der Waals surface area contributed by atoms with Gasteiger partial charge in [0.1, 0.15) is 11.8 Å². The minimum atomic E-state index is 0.185. The Morgan fingerprint density at radius 3 is 2.33 bits per heavy atom. The first kappa shape index (κ1) is 16.3. The fraction of sp³-hybridized carbons (Fsp3) is 0.0526. The molecule has 0 aliphatic rings. The van der Waals surface area contributed by atoms with Gasteiger partial charge in [0, 0.05) is 26.7 Å². The van der Waals surface area contributed by atoms with Gasteiger partial charge in [0.25, 0.3) is 0 Å². The highest BCUT2D eigenvalue weighted by Crippen LogP contribution is 2.35. The largest absolute Gasteiger partial charge is 0.508 e. The second kappa shape index (κ2) is 6.52. The number of nitrogens with zero attached hydrogens (tertiary/aromatic N) is 2. The van der Waals surface area contributed by atoms with Crippen molar-refractivity contribution in [1.82, 2.24) is 4.98 Å². The van der Waals surface area contributed by atoms with E-state index in [1.165, 1.54) is 0 Å². The number of hydrogen-bond donors (Lipinski definition) is 1. The van der Waals surface area contributed by atoms with Crippen LogP contribution in [0.25, 0.3) is 22.4 Å². The predicted octanol–water partition coefficient (Wildman–Crippen LogP) is 5.61. The number of hydrogen-bond acceptors (Lipinski definition) is 3. The van der Waals surface area contributed by atoms with Crippen molar-refractivity contribution < 1.29 is 5.11 Å². The number of benzene rings is 2. The van der Waals surface area contributed by atoms with Crippen molar-refractivity contribution in [3.8, 4) is 34.2 Å². The van der Waals surface area contributed by atoms with E-state index in [1.54, 1.807) is 49.4 Å². The third kappa shape index (κ3) is 3.07. The maximum atomic E-state index is 9.51. The SMILES string of the molecule is Cc1nc(-c2ccc(O)cc2)cc(-c2ccc(Cl)cc2Cl)c1C#N. The van der Waals surface area contributed by atoms with E-state index < -0.39 is 0 Å². The van der Waals surface area contributed by atoms with Gasteiger partial charge in [-0.25, -0.2) is 0 Å². The van der Waals surface area contributed by atoms with E-state index in [-0.39, 0.29) is 5.75 Å². The van der Waals surface area contributed by atoms with Crippen LogP contribution < -0.4 is 0 Å². The molecule has 0 aliphatic carbocycles. The van der Waals surface area contributed by atoms with Gasteiger partial charge in [0.15, 0.2) is 0 Å². The van der Waals surface area contributed by atoms with Crippen LogP contribution in [0, 0.1) is 18.3 Å². The Bertz CT molecular complexity index is 960. The fourth-order valence-electron chi connectivity index (χ4n) is 2.51. The van der Waals surface area contributed by atoms with Crippen molar-refractivity contribution in [2.24, 2.45) is 0 Å². The van der Waals surface area contributed by atoms with E-state index in [1.807, 2.05) is 6.07 Å². The Morgan fingerprint density at radius 2 is 1.71 bits per heavy atom. The molecule has 0 saturated carbocycles. The smallest absolute Gasteiger partial charge is 0.115 e. The molecule has 0 aliphatic heterocycles. The zero-order valence-electron chi connectivity index (χ0n) is 12.7. The molecule has 0 atom stereocenters. The highest BCUT2D eigenvalue weighted by atomic mass is 35.5. The number of aromatic hydroxyl groups is 1. The summed E-state index contributed by atoms with van der Waals surface area (Å²) in [5.74, 6) is 0.185. The third-order valence-corrected chi connectivity index (χ3v) is 4.24. The molecule has 3 nitrogen and oxygen atoms in total. The van der Waals surface area contributed by atoms with Crippen LogP contribution in [0.1, 0.15) is 11.3 Å². The molecule has 1 aromatic heterocycles. The second-order valence-corrected chi connectivity index (χ2v) is 6.14. The van der Waals surface area contributed by atoms with Crippen LogP contribution in [0.3, 0.4) is 0 Å². The number of aromatic nitrogens is 1. The summed E-state index contributed by atoms with van der Waals surface area (Å²) in [7, 11) is 0. The molecule has 0 fully saturated rings. The zero-order valence-corrected chi connectivity index (χ0v) is 14.2. The molecule has 3 aromatic rings. The Hall–Kier alpha value is -2.54. The molecule has 118 valence electrons. The highest BCUT2D eigenvalue weighted by Gasteiger charge is 2.15. The first-order valence-electron chi connectivity index (χ1n) is 7.16. The monoisotopic (exact) mass is 354 g/mol. The van der Waals surface area contributed by atoms with E-state index in [0.717, 1.165) is 11.1 Å². The molecular formula is C19H12Cl2N2O. The van der Waals surface area contributed by atoms with E-state index in [0.29, 0.717) is 32.6 Å². The van der Waals surface area contributed by atoms with Crippen molar-refractivity contribution in [3.05, 3.63) is 69.8 Å². The Labute approximate surface area is 149 Å². The summed E-state index contributed by atoms with van der Waals surface area (Å²) < 4.78 is 0. The molecule has 5 heteroatoms. The molecule has 3 rings (SSSR count). The predicted molar refractivity (Wildman–Crippen MR) is 96.2 cm³/mol. The summed E-state index contributed by atoms with van der Waals surface area (Å²) in [6, 6.07) is 15.9. The molecule has 0 saturated heterocycles. The van der Waals surface area contributed by atoms with E-state index in [2.05, 4.69) is 11.1 Å². The standard InChI is InChI=1S/C19H12Cl2N2O/c1-11-17(10-22)16(15-7-4-13(20)8-18(15)21)9-19(23-11)12-2-5-14(24)6-3-12/h2-9,24H,1H3. The molecule has 0 bridgehead atoms. The van der Waals surface area contributed by atoms with Gasteiger partial charge >= 0.3 is 0 Å². The summed E-state index contributed by atoms with van der Waals surface area (Å²) in [5.41, 5.74) is 4.06. The first-order valence-corrected chi connectivity index (χ1v) is 7.92. The van der Waals surface area contributed by atoms with Gasteiger partial charge in [0.2, 0.25) is 0 Å². The normalized spacial score (nSPS) is 10.4. The van der Waals surface area contributed by atoms with Gasteiger partial charge in [-0.3, -0.25) is 4.98 Å². The Kier molecular flexibility index (Phi) is 4.44. The van der Waals surface area contributed by atoms with E-state index >= 15 is 0 Å². The molecule has 0 radical (unpaired) electrons. The van der Waals surface area contributed by atoms with Crippen molar-refractivity contribution in [1.29, 1.82) is 5.26 Å². The van der Waals surface area contributed by atoms with Crippen LogP contribution in [0.2, 0.25) is 10.0 Å². The maximum Gasteiger partial charge on any atom is 0.115 e. The number of halogens is 2. The van der Waals surface area contributed by atoms with Crippen LogP contribution in [0.4, 0.5) is 0 Å². The molecule has 2 aromatic carbocycles. The lowest BCUT2D eigenvalue weighted by molar-refractivity contribution is 0.475. The lowest BCUT2D eigenvalue weighted by Crippen LogP contribution is -1.96. The van der Waals surface area contributed by atoms with Gasteiger partial charge in [0.05, 0.1) is 17.0 Å². The first-order chi connectivity index (χ1) is 11.5. The minimum Gasteiger partial charge on any atom is -0.508 e. The Morgan fingerprint density at radius 1 is 1.00 bits per heavy atom. The summed E-state index contributed by atoms with van der Waals surface area (Å²) in [6.07, 6.45) is 0. The van der Waals surface area contributed by atoms with Crippen LogP contribution >= 0.6 is 23.2 Å². The molecule has 0 amide bonds. The number of phenolic OH excluding ortho intramolecular Hbond substituents is 1. The third-order valence-electron chi connectivity index (χ3n) is 3.70. The van der Waals surface area contributed by atoms with Crippen LogP contribution in [0.5, 0.6) is 5.75 Å². The van der Waals surface area contributed by atoms with Crippen molar-refractivity contribution >= 4 is 23.2 Å². The Balaban J connectivity index is 2.24. The minimum absolute atomic E-state index is 0.185. The quantitative estimate of drug-likeness (QED) is 0.650. The van der Waals surface area contributed by atoms with Crippen LogP contribution in [-0.4, -0.2) is 10.1 Å². The summed E-state index contributed by atoms with van der Waals surface area (Å²) in [4.78, 5) is 4.50. The lowest BCUT2D eigenvalue weighted by Gasteiger charge is -2.12. The summed E-state index contributed by atoms with van der Waals surface area (Å²) >= 11 is 12.3. The molecular weight excluding hydrogens is 343 g/mol. The molecule has 1 N–H and O–H groups in total. The van der Waals surface area contributed by atoms with Gasteiger partial charge in [-0.05, 0) is 49.4 Å². The van der Waals surface area contributed by atoms with Crippen molar-refractivity contribution in [2.45, 2.75) is 6.92 Å². The number of phenols is 1. The second-order valence-electron chi connectivity index (χ2n) is 5.30.